The molecule has 98 valence electrons. The second kappa shape index (κ2) is 7.66. The second-order valence-electron chi connectivity index (χ2n) is 3.63. The van der Waals surface area contributed by atoms with Gasteiger partial charge in [-0.05, 0) is 32.1 Å². The van der Waals surface area contributed by atoms with Crippen LogP contribution in [0.15, 0.2) is 18.2 Å². The number of esters is 1. The molecule has 0 atom stereocenters. The molecule has 0 aromatic carbocycles. The van der Waals surface area contributed by atoms with Gasteiger partial charge in [0, 0.05) is 22.4 Å². The van der Waals surface area contributed by atoms with Crippen molar-refractivity contribution in [3.05, 3.63) is 28.0 Å². The number of carbonyl (C=O) groups excluding carboxylic acids is 2. The zero-order valence-electron chi connectivity index (χ0n) is 10.6. The zero-order chi connectivity index (χ0) is 13.4. The lowest BCUT2D eigenvalue weighted by Crippen LogP contribution is -2.24. The Hall–Kier alpha value is -1.62. The maximum atomic E-state index is 11.4. The van der Waals surface area contributed by atoms with E-state index in [9.17, 15) is 9.59 Å². The largest absolute Gasteiger partial charge is 0.466 e. The number of thiophene rings is 1. The van der Waals surface area contributed by atoms with Crippen LogP contribution in [0.3, 0.4) is 0 Å². The highest BCUT2D eigenvalue weighted by Gasteiger charge is 2.02. The number of ether oxygens (including phenoxy) is 1. The lowest BCUT2D eigenvalue weighted by Gasteiger charge is -2.02. The molecule has 0 aliphatic rings. The number of amides is 1. The van der Waals surface area contributed by atoms with Crippen LogP contribution in [-0.2, 0) is 14.3 Å². The predicted molar refractivity (Wildman–Crippen MR) is 72.3 cm³/mol. The normalized spacial score (nSPS) is 10.6. The van der Waals surface area contributed by atoms with Gasteiger partial charge in [-0.1, -0.05) is 0 Å². The standard InChI is InChI=1S/C13H17NO3S/c1-3-17-13(16)8-9-14-12(15)7-6-11-5-4-10(2)18-11/h4-7H,3,8-9H2,1-2H3,(H,14,15). The zero-order valence-corrected chi connectivity index (χ0v) is 11.4. The maximum Gasteiger partial charge on any atom is 0.307 e. The van der Waals surface area contributed by atoms with Crippen molar-refractivity contribution >= 4 is 29.3 Å². The Morgan fingerprint density at radius 3 is 2.83 bits per heavy atom. The van der Waals surface area contributed by atoms with Crippen molar-refractivity contribution in [2.45, 2.75) is 20.3 Å². The molecule has 1 aromatic heterocycles. The van der Waals surface area contributed by atoms with Crippen LogP contribution in [0.2, 0.25) is 0 Å². The molecule has 0 aliphatic heterocycles. The van der Waals surface area contributed by atoms with Gasteiger partial charge in [-0.15, -0.1) is 11.3 Å². The van der Waals surface area contributed by atoms with Gasteiger partial charge in [0.1, 0.15) is 0 Å². The van der Waals surface area contributed by atoms with Gasteiger partial charge in [0.25, 0.3) is 0 Å². The number of rotatable bonds is 6. The van der Waals surface area contributed by atoms with E-state index >= 15 is 0 Å². The monoisotopic (exact) mass is 267 g/mol. The third-order valence-corrected chi connectivity index (χ3v) is 3.06. The van der Waals surface area contributed by atoms with Gasteiger partial charge in [0.05, 0.1) is 13.0 Å². The minimum atomic E-state index is -0.296. The van der Waals surface area contributed by atoms with Gasteiger partial charge in [0.15, 0.2) is 0 Å². The minimum absolute atomic E-state index is 0.200. The van der Waals surface area contributed by atoms with Crippen LogP contribution in [-0.4, -0.2) is 25.0 Å². The van der Waals surface area contributed by atoms with Crippen molar-refractivity contribution < 1.29 is 14.3 Å². The van der Waals surface area contributed by atoms with E-state index in [-0.39, 0.29) is 18.3 Å². The van der Waals surface area contributed by atoms with Crippen LogP contribution in [0.1, 0.15) is 23.1 Å². The number of aryl methyl sites for hydroxylation is 1. The number of hydrogen-bond donors (Lipinski definition) is 1. The first-order valence-corrected chi connectivity index (χ1v) is 6.61. The Bertz CT molecular complexity index is 437. The van der Waals surface area contributed by atoms with E-state index in [0.29, 0.717) is 13.2 Å². The van der Waals surface area contributed by atoms with E-state index in [1.165, 1.54) is 11.0 Å². The average Bonchev–Trinajstić information content (AvgIpc) is 2.73. The Kier molecular flexibility index (Phi) is 6.14. The van der Waals surface area contributed by atoms with E-state index in [4.69, 9.17) is 4.74 Å². The van der Waals surface area contributed by atoms with Gasteiger partial charge in [-0.2, -0.15) is 0 Å². The number of carbonyl (C=O) groups is 2. The smallest absolute Gasteiger partial charge is 0.307 e. The van der Waals surface area contributed by atoms with Gasteiger partial charge >= 0.3 is 5.97 Å². The molecule has 0 spiro atoms. The van der Waals surface area contributed by atoms with E-state index < -0.39 is 0 Å². The summed E-state index contributed by atoms with van der Waals surface area (Å²) in [6, 6.07) is 3.96. The number of nitrogens with one attached hydrogen (secondary N) is 1. The highest BCUT2D eigenvalue weighted by molar-refractivity contribution is 7.12. The summed E-state index contributed by atoms with van der Waals surface area (Å²) in [5.74, 6) is -0.499. The van der Waals surface area contributed by atoms with Gasteiger partial charge in [0.2, 0.25) is 5.91 Å². The first kappa shape index (κ1) is 14.4. The second-order valence-corrected chi connectivity index (χ2v) is 4.95. The fraction of sp³-hybridized carbons (Fsp3) is 0.385. The lowest BCUT2D eigenvalue weighted by molar-refractivity contribution is -0.142. The van der Waals surface area contributed by atoms with Gasteiger partial charge in [-0.3, -0.25) is 9.59 Å². The molecule has 0 bridgehead atoms. The SMILES string of the molecule is CCOC(=O)CCNC(=O)C=Cc1ccc(C)s1. The van der Waals surface area contributed by atoms with Crippen molar-refractivity contribution in [2.75, 3.05) is 13.2 Å². The lowest BCUT2D eigenvalue weighted by atomic mass is 10.3. The Morgan fingerprint density at radius 1 is 1.44 bits per heavy atom. The van der Waals surface area contributed by atoms with Crippen LogP contribution in [0, 0.1) is 6.92 Å². The first-order chi connectivity index (χ1) is 8.61. The molecule has 1 amide bonds. The Labute approximate surface area is 111 Å². The fourth-order valence-electron chi connectivity index (χ4n) is 1.28. The van der Waals surface area contributed by atoms with E-state index in [2.05, 4.69) is 5.32 Å². The molecule has 1 heterocycles. The van der Waals surface area contributed by atoms with Gasteiger partial charge in [-0.25, -0.2) is 0 Å². The number of hydrogen-bond acceptors (Lipinski definition) is 4. The van der Waals surface area contributed by atoms with Crippen LogP contribution >= 0.6 is 11.3 Å². The molecular formula is C13H17NO3S. The average molecular weight is 267 g/mol. The van der Waals surface area contributed by atoms with Crippen molar-refractivity contribution in [3.63, 3.8) is 0 Å². The van der Waals surface area contributed by atoms with E-state index in [1.807, 2.05) is 19.1 Å². The molecule has 18 heavy (non-hydrogen) atoms. The summed E-state index contributed by atoms with van der Waals surface area (Å²) in [5.41, 5.74) is 0. The molecule has 5 heteroatoms. The highest BCUT2D eigenvalue weighted by Crippen LogP contribution is 2.16. The summed E-state index contributed by atoms with van der Waals surface area (Å²) in [5, 5.41) is 2.63. The third kappa shape index (κ3) is 5.63. The summed E-state index contributed by atoms with van der Waals surface area (Å²) in [6.45, 7) is 4.43. The third-order valence-electron chi connectivity index (χ3n) is 2.09. The molecule has 1 rings (SSSR count). The Balaban J connectivity index is 2.25. The molecule has 0 fully saturated rings. The molecule has 0 saturated heterocycles. The summed E-state index contributed by atoms with van der Waals surface area (Å²) >= 11 is 1.62. The molecule has 0 aliphatic carbocycles. The summed E-state index contributed by atoms with van der Waals surface area (Å²) < 4.78 is 4.75. The Morgan fingerprint density at radius 2 is 2.22 bits per heavy atom. The maximum absolute atomic E-state index is 11.4. The molecule has 1 aromatic rings. The van der Waals surface area contributed by atoms with Crippen molar-refractivity contribution in [3.8, 4) is 0 Å². The summed E-state index contributed by atoms with van der Waals surface area (Å²) in [4.78, 5) is 24.7. The fourth-order valence-corrected chi connectivity index (χ4v) is 2.06. The molecule has 0 saturated carbocycles. The van der Waals surface area contributed by atoms with Gasteiger partial charge < -0.3 is 10.1 Å². The molecule has 0 unspecified atom stereocenters. The summed E-state index contributed by atoms with van der Waals surface area (Å²) in [6.07, 6.45) is 3.43. The van der Waals surface area contributed by atoms with Crippen LogP contribution in [0.4, 0.5) is 0 Å². The topological polar surface area (TPSA) is 55.4 Å². The highest BCUT2D eigenvalue weighted by atomic mass is 32.1. The van der Waals surface area contributed by atoms with Crippen molar-refractivity contribution in [1.82, 2.24) is 5.32 Å². The molecule has 0 radical (unpaired) electrons. The summed E-state index contributed by atoms with van der Waals surface area (Å²) in [7, 11) is 0. The first-order valence-electron chi connectivity index (χ1n) is 5.79. The van der Waals surface area contributed by atoms with Crippen LogP contribution in [0.25, 0.3) is 6.08 Å². The van der Waals surface area contributed by atoms with E-state index in [0.717, 1.165) is 4.88 Å². The van der Waals surface area contributed by atoms with Crippen molar-refractivity contribution in [2.24, 2.45) is 0 Å². The van der Waals surface area contributed by atoms with E-state index in [1.54, 1.807) is 24.3 Å². The van der Waals surface area contributed by atoms with Crippen LogP contribution < -0.4 is 5.32 Å². The predicted octanol–water partition coefficient (Wildman–Crippen LogP) is 2.14. The molecular weight excluding hydrogens is 250 g/mol. The molecule has 4 nitrogen and oxygen atoms in total. The van der Waals surface area contributed by atoms with Crippen LogP contribution in [0.5, 0.6) is 0 Å². The quantitative estimate of drug-likeness (QED) is 0.634. The van der Waals surface area contributed by atoms with Crippen molar-refractivity contribution in [1.29, 1.82) is 0 Å². The molecule has 1 N–H and O–H groups in total. The minimum Gasteiger partial charge on any atom is -0.466 e.